The monoisotopic (exact) mass is 397 g/mol. The van der Waals surface area contributed by atoms with Crippen molar-refractivity contribution in [1.29, 1.82) is 0 Å². The summed E-state index contributed by atoms with van der Waals surface area (Å²) in [5.74, 6) is -0.307. The van der Waals surface area contributed by atoms with Crippen LogP contribution in [0.4, 0.5) is 5.13 Å². The molecule has 1 N–H and O–H groups in total. The molecule has 0 radical (unpaired) electrons. The molecule has 6 heteroatoms. The van der Waals surface area contributed by atoms with Crippen molar-refractivity contribution < 1.29 is 9.59 Å². The topological polar surface area (TPSA) is 62.3 Å². The summed E-state index contributed by atoms with van der Waals surface area (Å²) in [5.41, 5.74) is 1.89. The molecule has 1 aliphatic rings. The van der Waals surface area contributed by atoms with Gasteiger partial charge in [-0.05, 0) is 38.3 Å². The Kier molecular flexibility index (Phi) is 6.98. The van der Waals surface area contributed by atoms with E-state index in [-0.39, 0.29) is 24.4 Å². The normalized spacial score (nSPS) is 14.9. The zero-order valence-electron chi connectivity index (χ0n) is 16.5. The van der Waals surface area contributed by atoms with E-state index in [1.165, 1.54) is 17.8 Å². The number of aryl methyl sites for hydroxylation is 2. The number of aromatic nitrogens is 1. The number of thiazole rings is 1. The fourth-order valence-electron chi connectivity index (χ4n) is 3.45. The first kappa shape index (κ1) is 20.3. The van der Waals surface area contributed by atoms with Crippen LogP contribution in [-0.4, -0.2) is 34.3 Å². The van der Waals surface area contributed by atoms with E-state index < -0.39 is 0 Å². The van der Waals surface area contributed by atoms with E-state index in [1.807, 2.05) is 50.3 Å². The summed E-state index contributed by atoms with van der Waals surface area (Å²) < 4.78 is 0. The Morgan fingerprint density at radius 2 is 1.89 bits per heavy atom. The highest BCUT2D eigenvalue weighted by Gasteiger charge is 2.26. The number of nitrogens with zero attached hydrogens (tertiary/aromatic N) is 2. The summed E-state index contributed by atoms with van der Waals surface area (Å²) in [6, 6.07) is 9.85. The molecule has 0 aliphatic heterocycles. The fraction of sp³-hybridized carbons (Fsp3) is 0.409. The molecule has 0 atom stereocenters. The number of nitrogens with one attached hydrogen (secondary N) is 1. The molecule has 1 aliphatic carbocycles. The minimum Gasteiger partial charge on any atom is -0.327 e. The Bertz CT molecular complexity index is 819. The van der Waals surface area contributed by atoms with Gasteiger partial charge < -0.3 is 10.2 Å². The summed E-state index contributed by atoms with van der Waals surface area (Å²) in [6.45, 7) is 3.96. The summed E-state index contributed by atoms with van der Waals surface area (Å²) >= 11 is 1.46. The van der Waals surface area contributed by atoms with Crippen molar-refractivity contribution >= 4 is 34.4 Å². The third-order valence-corrected chi connectivity index (χ3v) is 6.09. The largest absolute Gasteiger partial charge is 0.327 e. The van der Waals surface area contributed by atoms with Crippen LogP contribution in [-0.2, 0) is 9.59 Å². The quantitative estimate of drug-likeness (QED) is 0.726. The smallest absolute Gasteiger partial charge is 0.247 e. The van der Waals surface area contributed by atoms with Crippen molar-refractivity contribution in [3.63, 3.8) is 0 Å². The molecule has 1 aromatic heterocycles. The van der Waals surface area contributed by atoms with Crippen LogP contribution in [0.3, 0.4) is 0 Å². The van der Waals surface area contributed by atoms with E-state index in [4.69, 9.17) is 0 Å². The van der Waals surface area contributed by atoms with E-state index in [2.05, 4.69) is 10.3 Å². The van der Waals surface area contributed by atoms with E-state index >= 15 is 0 Å². The van der Waals surface area contributed by atoms with Crippen LogP contribution < -0.4 is 5.32 Å². The van der Waals surface area contributed by atoms with Gasteiger partial charge in [0.05, 0.1) is 5.69 Å². The minimum atomic E-state index is -0.194. The molecule has 28 heavy (non-hydrogen) atoms. The highest BCUT2D eigenvalue weighted by atomic mass is 32.1. The van der Waals surface area contributed by atoms with Crippen molar-refractivity contribution in [3.05, 3.63) is 52.5 Å². The van der Waals surface area contributed by atoms with Gasteiger partial charge in [0.25, 0.3) is 0 Å². The van der Waals surface area contributed by atoms with Crippen LogP contribution in [0.2, 0.25) is 0 Å². The van der Waals surface area contributed by atoms with Crippen LogP contribution in [0.15, 0.2) is 36.4 Å². The molecule has 0 unspecified atom stereocenters. The number of carbonyl (C=O) groups excluding carboxylic acids is 2. The molecule has 0 spiro atoms. The van der Waals surface area contributed by atoms with Gasteiger partial charge in [-0.25, -0.2) is 4.98 Å². The maximum absolute atomic E-state index is 12.9. The number of benzene rings is 1. The molecule has 1 heterocycles. The minimum absolute atomic E-state index is 0.0559. The van der Waals surface area contributed by atoms with Crippen LogP contribution in [0.1, 0.15) is 48.2 Å². The second kappa shape index (κ2) is 9.64. The van der Waals surface area contributed by atoms with Gasteiger partial charge >= 0.3 is 0 Å². The molecule has 2 amide bonds. The average molecular weight is 398 g/mol. The molecule has 1 aromatic carbocycles. The number of carbonyl (C=O) groups is 2. The summed E-state index contributed by atoms with van der Waals surface area (Å²) in [6.07, 6.45) is 8.69. The van der Waals surface area contributed by atoms with E-state index in [0.717, 1.165) is 41.8 Å². The maximum Gasteiger partial charge on any atom is 0.247 e. The molecule has 5 nitrogen and oxygen atoms in total. The van der Waals surface area contributed by atoms with Gasteiger partial charge in [-0.3, -0.25) is 9.59 Å². The lowest BCUT2D eigenvalue weighted by atomic mass is 9.94. The zero-order valence-corrected chi connectivity index (χ0v) is 17.3. The zero-order chi connectivity index (χ0) is 19.9. The number of anilines is 1. The van der Waals surface area contributed by atoms with Gasteiger partial charge in [-0.15, -0.1) is 11.3 Å². The Labute approximate surface area is 170 Å². The highest BCUT2D eigenvalue weighted by Crippen LogP contribution is 2.24. The summed E-state index contributed by atoms with van der Waals surface area (Å²) in [7, 11) is 0. The molecule has 0 saturated heterocycles. The van der Waals surface area contributed by atoms with Gasteiger partial charge in [0, 0.05) is 17.0 Å². The molecule has 2 aromatic rings. The Hall–Kier alpha value is -2.47. The van der Waals surface area contributed by atoms with Crippen LogP contribution >= 0.6 is 11.3 Å². The summed E-state index contributed by atoms with van der Waals surface area (Å²) in [4.78, 5) is 32.7. The predicted octanol–water partition coefficient (Wildman–Crippen LogP) is 4.57. The maximum atomic E-state index is 12.9. The first-order chi connectivity index (χ1) is 13.5. The Morgan fingerprint density at radius 1 is 1.18 bits per heavy atom. The average Bonchev–Trinajstić information content (AvgIpc) is 3.02. The number of hydrogen-bond acceptors (Lipinski definition) is 4. The van der Waals surface area contributed by atoms with Crippen LogP contribution in [0.5, 0.6) is 0 Å². The number of hydrogen-bond donors (Lipinski definition) is 1. The second-order valence-corrected chi connectivity index (χ2v) is 8.41. The highest BCUT2D eigenvalue weighted by molar-refractivity contribution is 7.15. The van der Waals surface area contributed by atoms with Gasteiger partial charge in [0.2, 0.25) is 11.8 Å². The fourth-order valence-corrected chi connectivity index (χ4v) is 4.28. The molecule has 148 valence electrons. The lowest BCUT2D eigenvalue weighted by Gasteiger charge is -2.33. The van der Waals surface area contributed by atoms with Crippen molar-refractivity contribution in [2.75, 3.05) is 11.9 Å². The molecular weight excluding hydrogens is 370 g/mol. The van der Waals surface area contributed by atoms with Crippen molar-refractivity contribution in [2.45, 2.75) is 52.0 Å². The molecule has 1 fully saturated rings. The Morgan fingerprint density at radius 3 is 2.54 bits per heavy atom. The number of amides is 2. The third-order valence-electron chi connectivity index (χ3n) is 5.11. The van der Waals surface area contributed by atoms with Gasteiger partial charge in [0.1, 0.15) is 6.54 Å². The van der Waals surface area contributed by atoms with Gasteiger partial charge in [-0.1, -0.05) is 49.6 Å². The lowest BCUT2D eigenvalue weighted by Crippen LogP contribution is -2.45. The first-order valence-corrected chi connectivity index (χ1v) is 10.6. The summed E-state index contributed by atoms with van der Waals surface area (Å²) in [5, 5.41) is 3.45. The predicted molar refractivity (Wildman–Crippen MR) is 114 cm³/mol. The standard InChI is InChI=1S/C22H27N3O2S/c1-16-17(2)28-22(23-16)24-20(26)15-25(19-11-7-4-8-12-19)21(27)14-13-18-9-5-3-6-10-18/h3,5-6,9-10,13-14,19H,4,7-8,11-12,15H2,1-2H3,(H,23,24,26). The van der Waals surface area contributed by atoms with Crippen molar-refractivity contribution in [3.8, 4) is 0 Å². The van der Waals surface area contributed by atoms with Gasteiger partial charge in [-0.2, -0.15) is 0 Å². The molecular formula is C22H27N3O2S. The van der Waals surface area contributed by atoms with E-state index in [1.54, 1.807) is 11.0 Å². The van der Waals surface area contributed by atoms with Crippen molar-refractivity contribution in [2.24, 2.45) is 0 Å². The Balaban J connectivity index is 1.69. The lowest BCUT2D eigenvalue weighted by molar-refractivity contribution is -0.133. The van der Waals surface area contributed by atoms with E-state index in [0.29, 0.717) is 5.13 Å². The first-order valence-electron chi connectivity index (χ1n) is 9.80. The number of rotatable bonds is 6. The molecule has 3 rings (SSSR count). The SMILES string of the molecule is Cc1nc(NC(=O)CN(C(=O)C=Cc2ccccc2)C2CCCCC2)sc1C. The van der Waals surface area contributed by atoms with Crippen molar-refractivity contribution in [1.82, 2.24) is 9.88 Å². The molecule has 0 bridgehead atoms. The van der Waals surface area contributed by atoms with E-state index in [9.17, 15) is 9.59 Å². The second-order valence-electron chi connectivity index (χ2n) is 7.21. The van der Waals surface area contributed by atoms with Crippen LogP contribution in [0.25, 0.3) is 6.08 Å². The molecule has 1 saturated carbocycles. The third kappa shape index (κ3) is 5.52. The van der Waals surface area contributed by atoms with Gasteiger partial charge in [0.15, 0.2) is 5.13 Å². The van der Waals surface area contributed by atoms with Crippen LogP contribution in [0, 0.1) is 13.8 Å².